The number of aromatic amines is 1. The molecular formula is C18H18N4O. The molecule has 2 heterocycles. The Hall–Kier alpha value is -2.82. The number of hydrogen-bond donors (Lipinski definition) is 2. The molecule has 5 heteroatoms. The number of hydrogen-bond acceptors (Lipinski definition) is 3. The number of carbonyl (C=O) groups is 1. The number of anilines is 2. The third-order valence-electron chi connectivity index (χ3n) is 4.45. The smallest absolute Gasteiger partial charge is 0.226 e. The van der Waals surface area contributed by atoms with Gasteiger partial charge in [0, 0.05) is 37.7 Å². The first-order valence-corrected chi connectivity index (χ1v) is 7.67. The van der Waals surface area contributed by atoms with Crippen molar-refractivity contribution in [1.29, 1.82) is 0 Å². The summed E-state index contributed by atoms with van der Waals surface area (Å²) < 4.78 is 0. The quantitative estimate of drug-likeness (QED) is 0.916. The molecule has 0 spiro atoms. The number of nitrogens with one attached hydrogen (secondary N) is 2. The van der Waals surface area contributed by atoms with Crippen molar-refractivity contribution in [3.8, 4) is 0 Å². The van der Waals surface area contributed by atoms with Gasteiger partial charge in [-0.05, 0) is 23.3 Å². The molecule has 0 fully saturated rings. The first-order chi connectivity index (χ1) is 11.1. The van der Waals surface area contributed by atoms with Gasteiger partial charge in [-0.3, -0.25) is 9.89 Å². The number of carbonyl (C=O) groups excluding carboxylic acids is 1. The topological polar surface area (TPSA) is 61.0 Å². The summed E-state index contributed by atoms with van der Waals surface area (Å²) in [5.74, 6) is 0.688. The van der Waals surface area contributed by atoms with Gasteiger partial charge in [-0.2, -0.15) is 5.10 Å². The summed E-state index contributed by atoms with van der Waals surface area (Å²) in [6, 6.07) is 8.38. The van der Waals surface area contributed by atoms with Gasteiger partial charge in [-0.15, -0.1) is 0 Å². The van der Waals surface area contributed by atoms with E-state index in [0.717, 1.165) is 28.1 Å². The fraction of sp³-hybridized carbons (Fsp3) is 0.222. The zero-order valence-electron chi connectivity index (χ0n) is 13.1. The van der Waals surface area contributed by atoms with E-state index in [9.17, 15) is 4.79 Å². The Kier molecular flexibility index (Phi) is 3.08. The van der Waals surface area contributed by atoms with Crippen LogP contribution in [0.25, 0.3) is 5.57 Å². The van der Waals surface area contributed by atoms with Gasteiger partial charge in [0.05, 0.1) is 5.69 Å². The van der Waals surface area contributed by atoms with Gasteiger partial charge in [0.1, 0.15) is 0 Å². The number of rotatable bonds is 3. The van der Waals surface area contributed by atoms with Crippen LogP contribution in [0.5, 0.6) is 0 Å². The van der Waals surface area contributed by atoms with Gasteiger partial charge >= 0.3 is 0 Å². The average molecular weight is 306 g/mol. The Morgan fingerprint density at radius 2 is 1.96 bits per heavy atom. The molecule has 116 valence electrons. The molecule has 5 nitrogen and oxygen atoms in total. The second-order valence-corrected chi connectivity index (χ2v) is 6.13. The van der Waals surface area contributed by atoms with Crippen LogP contribution in [-0.4, -0.2) is 30.2 Å². The highest BCUT2D eigenvalue weighted by molar-refractivity contribution is 5.96. The Morgan fingerprint density at radius 1 is 1.22 bits per heavy atom. The molecule has 1 aliphatic carbocycles. The lowest BCUT2D eigenvalue weighted by molar-refractivity contribution is -0.116. The molecule has 0 radical (unpaired) electrons. The van der Waals surface area contributed by atoms with Crippen LogP contribution in [0, 0.1) is 0 Å². The van der Waals surface area contributed by atoms with E-state index in [0.29, 0.717) is 12.2 Å². The van der Waals surface area contributed by atoms with Crippen LogP contribution in [0.4, 0.5) is 11.5 Å². The Balaban J connectivity index is 1.77. The van der Waals surface area contributed by atoms with E-state index in [-0.39, 0.29) is 11.8 Å². The van der Waals surface area contributed by atoms with Crippen LogP contribution < -0.4 is 10.2 Å². The van der Waals surface area contributed by atoms with Crippen LogP contribution in [0.15, 0.2) is 42.5 Å². The SMILES string of the molecule is CN(C)c1ccc(C2CC(=O)Nc3n[nH]c(C4=CC=C4)c32)cc1. The van der Waals surface area contributed by atoms with Gasteiger partial charge in [-0.1, -0.05) is 30.4 Å². The standard InChI is InChI=1S/C18H18N4O/c1-22(2)13-8-6-11(7-9-13)14-10-15(23)19-18-16(14)17(20-21-18)12-4-3-5-12/h3-9,14H,10H2,1-2H3,(H2,19,20,21,23). The highest BCUT2D eigenvalue weighted by atomic mass is 16.1. The minimum Gasteiger partial charge on any atom is -0.378 e. The molecule has 1 unspecified atom stereocenters. The van der Waals surface area contributed by atoms with Gasteiger partial charge in [-0.25, -0.2) is 0 Å². The maximum atomic E-state index is 12.0. The largest absolute Gasteiger partial charge is 0.378 e. The number of allylic oxidation sites excluding steroid dienone is 4. The molecule has 2 aromatic rings. The molecule has 1 aromatic carbocycles. The second kappa shape index (κ2) is 5.12. The molecule has 0 saturated heterocycles. The molecule has 1 atom stereocenters. The first-order valence-electron chi connectivity index (χ1n) is 7.67. The average Bonchev–Trinajstić information content (AvgIpc) is 2.88. The molecule has 2 N–H and O–H groups in total. The van der Waals surface area contributed by atoms with Gasteiger partial charge in [0.15, 0.2) is 5.82 Å². The highest BCUT2D eigenvalue weighted by Crippen LogP contribution is 2.41. The summed E-state index contributed by atoms with van der Waals surface area (Å²) in [6.45, 7) is 0. The molecule has 23 heavy (non-hydrogen) atoms. The van der Waals surface area contributed by atoms with Crippen LogP contribution in [0.2, 0.25) is 0 Å². The van der Waals surface area contributed by atoms with E-state index < -0.39 is 0 Å². The van der Waals surface area contributed by atoms with E-state index in [2.05, 4.69) is 56.8 Å². The van der Waals surface area contributed by atoms with Gasteiger partial charge in [0.2, 0.25) is 5.91 Å². The van der Waals surface area contributed by atoms with Crippen LogP contribution in [-0.2, 0) is 4.79 Å². The highest BCUT2D eigenvalue weighted by Gasteiger charge is 2.32. The molecule has 0 bridgehead atoms. The molecule has 2 aliphatic rings. The third-order valence-corrected chi connectivity index (χ3v) is 4.45. The molecule has 1 aliphatic heterocycles. The summed E-state index contributed by atoms with van der Waals surface area (Å²) in [5.41, 5.74) is 5.50. The maximum absolute atomic E-state index is 12.0. The monoisotopic (exact) mass is 306 g/mol. The summed E-state index contributed by atoms with van der Waals surface area (Å²) in [4.78, 5) is 14.1. The number of amides is 1. The fourth-order valence-electron chi connectivity index (χ4n) is 3.12. The Morgan fingerprint density at radius 3 is 2.57 bits per heavy atom. The third kappa shape index (κ3) is 2.25. The fourth-order valence-corrected chi connectivity index (χ4v) is 3.12. The second-order valence-electron chi connectivity index (χ2n) is 6.13. The molecular weight excluding hydrogens is 288 g/mol. The normalized spacial score (nSPS) is 18.8. The number of nitrogens with zero attached hydrogens (tertiary/aromatic N) is 2. The van der Waals surface area contributed by atoms with E-state index >= 15 is 0 Å². The number of fused-ring (bicyclic) bond motifs is 1. The Bertz CT molecular complexity index is 827. The zero-order chi connectivity index (χ0) is 16.0. The van der Waals surface area contributed by atoms with E-state index in [1.54, 1.807) is 0 Å². The van der Waals surface area contributed by atoms with Crippen molar-refractivity contribution >= 4 is 23.0 Å². The van der Waals surface area contributed by atoms with Gasteiger partial charge < -0.3 is 10.2 Å². The molecule has 0 saturated carbocycles. The predicted molar refractivity (Wildman–Crippen MR) is 91.6 cm³/mol. The van der Waals surface area contributed by atoms with E-state index in [1.165, 1.54) is 0 Å². The zero-order valence-corrected chi connectivity index (χ0v) is 13.1. The van der Waals surface area contributed by atoms with Crippen molar-refractivity contribution in [3.63, 3.8) is 0 Å². The summed E-state index contributed by atoms with van der Waals surface area (Å²) >= 11 is 0. The summed E-state index contributed by atoms with van der Waals surface area (Å²) in [6.07, 6.45) is 6.55. The lowest BCUT2D eigenvalue weighted by Crippen LogP contribution is -2.23. The maximum Gasteiger partial charge on any atom is 0.226 e. The van der Waals surface area contributed by atoms with Gasteiger partial charge in [0.25, 0.3) is 0 Å². The number of H-pyrrole nitrogens is 1. The van der Waals surface area contributed by atoms with E-state index in [1.807, 2.05) is 20.2 Å². The number of aromatic nitrogens is 2. The Labute approximate surface area is 134 Å². The molecule has 1 aromatic heterocycles. The lowest BCUT2D eigenvalue weighted by atomic mass is 9.83. The molecule has 4 rings (SSSR count). The minimum atomic E-state index is 0.00960. The van der Waals surface area contributed by atoms with E-state index in [4.69, 9.17) is 0 Å². The van der Waals surface area contributed by atoms with Crippen LogP contribution >= 0.6 is 0 Å². The summed E-state index contributed by atoms with van der Waals surface area (Å²) in [5, 5.41) is 10.2. The summed E-state index contributed by atoms with van der Waals surface area (Å²) in [7, 11) is 4.04. The van der Waals surface area contributed by atoms with Crippen molar-refractivity contribution in [2.45, 2.75) is 12.3 Å². The predicted octanol–water partition coefficient (Wildman–Crippen LogP) is 2.90. The van der Waals surface area contributed by atoms with Crippen molar-refractivity contribution in [2.24, 2.45) is 0 Å². The van der Waals surface area contributed by atoms with Crippen LogP contribution in [0.1, 0.15) is 29.2 Å². The number of benzene rings is 1. The van der Waals surface area contributed by atoms with Crippen molar-refractivity contribution in [2.75, 3.05) is 24.3 Å². The molecule has 1 amide bonds. The van der Waals surface area contributed by atoms with Crippen LogP contribution in [0.3, 0.4) is 0 Å². The lowest BCUT2D eigenvalue weighted by Gasteiger charge is -2.24. The first kappa shape index (κ1) is 13.8. The van der Waals surface area contributed by atoms with Crippen molar-refractivity contribution in [1.82, 2.24) is 10.2 Å². The van der Waals surface area contributed by atoms with Crippen molar-refractivity contribution in [3.05, 3.63) is 59.3 Å². The van der Waals surface area contributed by atoms with Crippen molar-refractivity contribution < 1.29 is 4.79 Å². The minimum absolute atomic E-state index is 0.00960.